The Morgan fingerprint density at radius 3 is 2.26 bits per heavy atom. The minimum atomic E-state index is -0.496. The fraction of sp³-hybridized carbons (Fsp3) is 0.308. The number of Topliss-reactive ketones (excluding diaryl/α,β-unsaturated/α-hetero) is 1. The van der Waals surface area contributed by atoms with Crippen molar-refractivity contribution in [2.24, 2.45) is 0 Å². The third-order valence-corrected chi connectivity index (χ3v) is 2.48. The average Bonchev–Trinajstić information content (AvgIpc) is 2.38. The molecule has 1 N–H and O–H groups in total. The van der Waals surface area contributed by atoms with E-state index in [-0.39, 0.29) is 12.3 Å². The standard InChI is InChI=1S/C13H16N2O4/c1-9(16)10-4-6-11(7-5-10)14-13(18)15(2)8-12(17)19-3/h4-7H,8H2,1-3H3,(H,14,18). The van der Waals surface area contributed by atoms with Gasteiger partial charge < -0.3 is 15.0 Å². The zero-order valence-electron chi connectivity index (χ0n) is 11.1. The molecule has 2 amide bonds. The van der Waals surface area contributed by atoms with Gasteiger partial charge in [0.15, 0.2) is 5.78 Å². The summed E-state index contributed by atoms with van der Waals surface area (Å²) in [6.07, 6.45) is 0. The highest BCUT2D eigenvalue weighted by Crippen LogP contribution is 2.10. The molecule has 0 spiro atoms. The topological polar surface area (TPSA) is 75.7 Å². The van der Waals surface area contributed by atoms with Gasteiger partial charge in [0.1, 0.15) is 6.54 Å². The number of rotatable bonds is 4. The van der Waals surface area contributed by atoms with Crippen LogP contribution in [-0.2, 0) is 9.53 Å². The summed E-state index contributed by atoms with van der Waals surface area (Å²) in [6, 6.07) is 6.07. The summed E-state index contributed by atoms with van der Waals surface area (Å²) in [5.74, 6) is -0.537. The lowest BCUT2D eigenvalue weighted by Gasteiger charge is -2.16. The molecule has 102 valence electrons. The maximum absolute atomic E-state index is 11.7. The van der Waals surface area contributed by atoms with Crippen LogP contribution in [0, 0.1) is 0 Å². The molecule has 1 aromatic carbocycles. The van der Waals surface area contributed by atoms with Crippen LogP contribution in [0.15, 0.2) is 24.3 Å². The fourth-order valence-electron chi connectivity index (χ4n) is 1.34. The van der Waals surface area contributed by atoms with Crippen LogP contribution >= 0.6 is 0 Å². The number of ketones is 1. The average molecular weight is 264 g/mol. The van der Waals surface area contributed by atoms with E-state index in [1.54, 1.807) is 24.3 Å². The summed E-state index contributed by atoms with van der Waals surface area (Å²) in [7, 11) is 2.74. The molecule has 0 radical (unpaired) electrons. The number of likely N-dealkylation sites (N-methyl/N-ethyl adjacent to an activating group) is 1. The Bertz CT molecular complexity index is 482. The van der Waals surface area contributed by atoms with Crippen molar-refractivity contribution in [3.63, 3.8) is 0 Å². The number of carbonyl (C=O) groups is 3. The molecular weight excluding hydrogens is 248 g/mol. The summed E-state index contributed by atoms with van der Waals surface area (Å²) in [4.78, 5) is 35.0. The van der Waals surface area contributed by atoms with Crippen molar-refractivity contribution >= 4 is 23.5 Å². The van der Waals surface area contributed by atoms with Gasteiger partial charge in [-0.2, -0.15) is 0 Å². The molecule has 0 fully saturated rings. The van der Waals surface area contributed by atoms with Crippen molar-refractivity contribution in [3.8, 4) is 0 Å². The SMILES string of the molecule is COC(=O)CN(C)C(=O)Nc1ccc(C(C)=O)cc1. The van der Waals surface area contributed by atoms with Gasteiger partial charge in [-0.3, -0.25) is 9.59 Å². The number of esters is 1. The van der Waals surface area contributed by atoms with Gasteiger partial charge in [0.2, 0.25) is 0 Å². The van der Waals surface area contributed by atoms with E-state index >= 15 is 0 Å². The summed E-state index contributed by atoms with van der Waals surface area (Å²) in [5, 5.41) is 2.61. The number of amides is 2. The lowest BCUT2D eigenvalue weighted by Crippen LogP contribution is -2.35. The molecule has 0 bridgehead atoms. The van der Waals surface area contributed by atoms with Gasteiger partial charge in [0, 0.05) is 18.3 Å². The summed E-state index contributed by atoms with van der Waals surface area (Å²) < 4.78 is 4.47. The fourth-order valence-corrected chi connectivity index (χ4v) is 1.34. The molecule has 0 unspecified atom stereocenters. The first-order valence-corrected chi connectivity index (χ1v) is 5.64. The van der Waals surface area contributed by atoms with Crippen LogP contribution in [0.25, 0.3) is 0 Å². The van der Waals surface area contributed by atoms with E-state index in [4.69, 9.17) is 0 Å². The first-order chi connectivity index (χ1) is 8.93. The van der Waals surface area contributed by atoms with E-state index in [1.807, 2.05) is 0 Å². The Balaban J connectivity index is 2.61. The molecule has 6 heteroatoms. The van der Waals surface area contributed by atoms with E-state index in [0.717, 1.165) is 0 Å². The van der Waals surface area contributed by atoms with Crippen LogP contribution in [-0.4, -0.2) is 43.4 Å². The highest BCUT2D eigenvalue weighted by molar-refractivity contribution is 5.95. The zero-order valence-corrected chi connectivity index (χ0v) is 11.1. The number of urea groups is 1. The van der Waals surface area contributed by atoms with E-state index in [9.17, 15) is 14.4 Å². The minimum Gasteiger partial charge on any atom is -0.468 e. The van der Waals surface area contributed by atoms with Gasteiger partial charge in [-0.1, -0.05) is 0 Å². The number of nitrogens with zero attached hydrogens (tertiary/aromatic N) is 1. The Kier molecular flexibility index (Phi) is 5.05. The molecular formula is C13H16N2O4. The summed E-state index contributed by atoms with van der Waals surface area (Å²) in [5.41, 5.74) is 1.12. The Labute approximate surface area is 111 Å². The summed E-state index contributed by atoms with van der Waals surface area (Å²) in [6.45, 7) is 1.34. The second-order valence-electron chi connectivity index (χ2n) is 4.00. The molecule has 0 atom stereocenters. The van der Waals surface area contributed by atoms with E-state index < -0.39 is 12.0 Å². The molecule has 0 heterocycles. The first-order valence-electron chi connectivity index (χ1n) is 5.64. The van der Waals surface area contributed by atoms with E-state index in [1.165, 1.54) is 26.0 Å². The highest BCUT2D eigenvalue weighted by Gasteiger charge is 2.13. The quantitative estimate of drug-likeness (QED) is 0.661. The van der Waals surface area contributed by atoms with Gasteiger partial charge in [-0.05, 0) is 31.2 Å². The largest absolute Gasteiger partial charge is 0.468 e. The van der Waals surface area contributed by atoms with Crippen molar-refractivity contribution in [2.45, 2.75) is 6.92 Å². The Hall–Kier alpha value is -2.37. The van der Waals surface area contributed by atoms with Gasteiger partial charge in [0.25, 0.3) is 0 Å². The number of methoxy groups -OCH3 is 1. The molecule has 19 heavy (non-hydrogen) atoms. The number of benzene rings is 1. The molecule has 0 aliphatic heterocycles. The Morgan fingerprint density at radius 2 is 1.79 bits per heavy atom. The number of hydrogen-bond acceptors (Lipinski definition) is 4. The van der Waals surface area contributed by atoms with Crippen molar-refractivity contribution < 1.29 is 19.1 Å². The first kappa shape index (κ1) is 14.7. The maximum atomic E-state index is 11.7. The summed E-state index contributed by atoms with van der Waals surface area (Å²) >= 11 is 0. The van der Waals surface area contributed by atoms with Gasteiger partial charge in [0.05, 0.1) is 7.11 Å². The molecule has 0 saturated carbocycles. The monoisotopic (exact) mass is 264 g/mol. The van der Waals surface area contributed by atoms with Crippen LogP contribution in [0.1, 0.15) is 17.3 Å². The molecule has 1 rings (SSSR count). The Morgan fingerprint density at radius 1 is 1.21 bits per heavy atom. The molecule has 0 saturated heterocycles. The van der Waals surface area contributed by atoms with Gasteiger partial charge in [-0.15, -0.1) is 0 Å². The third kappa shape index (κ3) is 4.42. The maximum Gasteiger partial charge on any atom is 0.325 e. The zero-order chi connectivity index (χ0) is 14.4. The second kappa shape index (κ2) is 6.53. The van der Waals surface area contributed by atoms with Crippen molar-refractivity contribution in [3.05, 3.63) is 29.8 Å². The normalized spacial score (nSPS) is 9.63. The van der Waals surface area contributed by atoms with Gasteiger partial charge >= 0.3 is 12.0 Å². The smallest absolute Gasteiger partial charge is 0.325 e. The third-order valence-electron chi connectivity index (χ3n) is 2.48. The predicted molar refractivity (Wildman–Crippen MR) is 70.1 cm³/mol. The van der Waals surface area contributed by atoms with E-state index in [2.05, 4.69) is 10.1 Å². The second-order valence-corrected chi connectivity index (χ2v) is 4.00. The van der Waals surface area contributed by atoms with Crippen LogP contribution < -0.4 is 5.32 Å². The minimum absolute atomic E-state index is 0.0410. The van der Waals surface area contributed by atoms with Crippen molar-refractivity contribution in [1.29, 1.82) is 0 Å². The van der Waals surface area contributed by atoms with Crippen LogP contribution in [0.2, 0.25) is 0 Å². The molecule has 0 aliphatic rings. The number of ether oxygens (including phenoxy) is 1. The van der Waals surface area contributed by atoms with Crippen molar-refractivity contribution in [2.75, 3.05) is 26.0 Å². The lowest BCUT2D eigenvalue weighted by molar-refractivity contribution is -0.140. The molecule has 0 aromatic heterocycles. The van der Waals surface area contributed by atoms with E-state index in [0.29, 0.717) is 11.3 Å². The molecule has 6 nitrogen and oxygen atoms in total. The molecule has 0 aliphatic carbocycles. The highest BCUT2D eigenvalue weighted by atomic mass is 16.5. The van der Waals surface area contributed by atoms with Crippen LogP contribution in [0.4, 0.5) is 10.5 Å². The lowest BCUT2D eigenvalue weighted by atomic mass is 10.1. The number of anilines is 1. The number of carbonyl (C=O) groups excluding carboxylic acids is 3. The molecule has 1 aromatic rings. The number of hydrogen-bond donors (Lipinski definition) is 1. The number of nitrogens with one attached hydrogen (secondary N) is 1. The predicted octanol–water partition coefficient (Wildman–Crippen LogP) is 1.53. The van der Waals surface area contributed by atoms with Crippen LogP contribution in [0.5, 0.6) is 0 Å². The van der Waals surface area contributed by atoms with Crippen LogP contribution in [0.3, 0.4) is 0 Å². The van der Waals surface area contributed by atoms with Crippen molar-refractivity contribution in [1.82, 2.24) is 4.90 Å². The van der Waals surface area contributed by atoms with Gasteiger partial charge in [-0.25, -0.2) is 4.79 Å².